The molecule has 1 aromatic heterocycles. The van der Waals surface area contributed by atoms with Gasteiger partial charge in [-0.15, -0.1) is 0 Å². The largest absolute Gasteiger partial charge is 0.373 e. The maximum Gasteiger partial charge on any atom is 0.225 e. The Balaban J connectivity index is 1.26. The van der Waals surface area contributed by atoms with Crippen molar-refractivity contribution in [3.8, 4) is 0 Å². The standard InChI is InChI=1S/C19H26N2O3S/c22-18(16-4-9-25-10-5-16)21-13-19(14-21)11-17(3-8-24-19)23-12-15-1-6-20-7-2-15/h1-2,6-7,16-17H,3-5,8-14H2/t17-/m0/s1. The van der Waals surface area contributed by atoms with Crippen molar-refractivity contribution >= 4 is 17.7 Å². The van der Waals surface area contributed by atoms with E-state index in [1.807, 2.05) is 28.8 Å². The lowest BCUT2D eigenvalue weighted by molar-refractivity contribution is -0.204. The second-order valence-electron chi connectivity index (χ2n) is 7.39. The van der Waals surface area contributed by atoms with E-state index in [1.165, 1.54) is 0 Å². The Morgan fingerprint density at radius 3 is 2.80 bits per heavy atom. The molecule has 4 rings (SSSR count). The van der Waals surface area contributed by atoms with Crippen LogP contribution in [0.4, 0.5) is 0 Å². The number of likely N-dealkylation sites (tertiary alicyclic amines) is 1. The minimum absolute atomic E-state index is 0.166. The fourth-order valence-corrected chi connectivity index (χ4v) is 5.15. The van der Waals surface area contributed by atoms with Gasteiger partial charge < -0.3 is 14.4 Å². The zero-order valence-corrected chi connectivity index (χ0v) is 15.4. The summed E-state index contributed by atoms with van der Waals surface area (Å²) in [5.41, 5.74) is 0.983. The zero-order valence-electron chi connectivity index (χ0n) is 14.6. The van der Waals surface area contributed by atoms with Crippen LogP contribution in [0.1, 0.15) is 31.2 Å². The highest BCUT2D eigenvalue weighted by molar-refractivity contribution is 7.99. The first-order chi connectivity index (χ1) is 12.2. The Labute approximate surface area is 153 Å². The molecule has 6 heteroatoms. The second-order valence-corrected chi connectivity index (χ2v) is 8.62. The van der Waals surface area contributed by atoms with Gasteiger partial charge in [0.1, 0.15) is 5.60 Å². The molecule has 5 nitrogen and oxygen atoms in total. The monoisotopic (exact) mass is 362 g/mol. The SMILES string of the molecule is O=C(C1CCSCC1)N1CC2(C[C@@H](OCc3ccncc3)CCO2)C1. The quantitative estimate of drug-likeness (QED) is 0.824. The van der Waals surface area contributed by atoms with Gasteiger partial charge >= 0.3 is 0 Å². The Morgan fingerprint density at radius 1 is 1.28 bits per heavy atom. The summed E-state index contributed by atoms with van der Waals surface area (Å²) in [5.74, 6) is 2.82. The van der Waals surface area contributed by atoms with Gasteiger partial charge in [0.05, 0.1) is 25.8 Å². The lowest BCUT2D eigenvalue weighted by Crippen LogP contribution is -2.68. The molecule has 0 unspecified atom stereocenters. The van der Waals surface area contributed by atoms with Gasteiger partial charge in [0.2, 0.25) is 5.91 Å². The number of hydrogen-bond acceptors (Lipinski definition) is 5. The summed E-state index contributed by atoms with van der Waals surface area (Å²) < 4.78 is 12.2. The van der Waals surface area contributed by atoms with Crippen LogP contribution in [0.3, 0.4) is 0 Å². The molecule has 0 saturated carbocycles. The van der Waals surface area contributed by atoms with Gasteiger partial charge in [-0.1, -0.05) is 0 Å². The molecule has 0 N–H and O–H groups in total. The fraction of sp³-hybridized carbons (Fsp3) is 0.684. The van der Waals surface area contributed by atoms with Crippen LogP contribution < -0.4 is 0 Å². The smallest absolute Gasteiger partial charge is 0.225 e. The number of hydrogen-bond donors (Lipinski definition) is 0. The van der Waals surface area contributed by atoms with Gasteiger partial charge in [-0.2, -0.15) is 11.8 Å². The van der Waals surface area contributed by atoms with Crippen LogP contribution in [-0.2, 0) is 20.9 Å². The number of aromatic nitrogens is 1. The van der Waals surface area contributed by atoms with E-state index in [4.69, 9.17) is 9.47 Å². The minimum Gasteiger partial charge on any atom is -0.373 e. The van der Waals surface area contributed by atoms with Gasteiger partial charge in [-0.3, -0.25) is 9.78 Å². The van der Waals surface area contributed by atoms with Gasteiger partial charge in [0, 0.05) is 31.3 Å². The third-order valence-corrected chi connectivity index (χ3v) is 6.57. The lowest BCUT2D eigenvalue weighted by Gasteiger charge is -2.53. The highest BCUT2D eigenvalue weighted by Gasteiger charge is 2.50. The molecule has 136 valence electrons. The molecule has 1 atom stereocenters. The summed E-state index contributed by atoms with van der Waals surface area (Å²) in [6, 6.07) is 3.97. The van der Waals surface area contributed by atoms with Crippen molar-refractivity contribution in [1.29, 1.82) is 0 Å². The molecule has 0 radical (unpaired) electrons. The molecule has 3 aliphatic heterocycles. The molecule has 4 heterocycles. The number of amides is 1. The van der Waals surface area contributed by atoms with E-state index in [9.17, 15) is 4.79 Å². The van der Waals surface area contributed by atoms with Gasteiger partial charge in [0.25, 0.3) is 0 Å². The summed E-state index contributed by atoms with van der Waals surface area (Å²) in [5, 5.41) is 0. The van der Waals surface area contributed by atoms with Crippen molar-refractivity contribution in [2.24, 2.45) is 5.92 Å². The van der Waals surface area contributed by atoms with E-state index in [0.717, 1.165) is 62.4 Å². The van der Waals surface area contributed by atoms with Crippen molar-refractivity contribution in [3.05, 3.63) is 30.1 Å². The molecular formula is C19H26N2O3S. The van der Waals surface area contributed by atoms with Crippen LogP contribution >= 0.6 is 11.8 Å². The highest BCUT2D eigenvalue weighted by Crippen LogP contribution is 2.37. The Kier molecular flexibility index (Phi) is 5.29. The van der Waals surface area contributed by atoms with Crippen LogP contribution in [0.15, 0.2) is 24.5 Å². The predicted octanol–water partition coefficient (Wildman–Crippen LogP) is 2.50. The minimum atomic E-state index is -0.166. The fourth-order valence-electron chi connectivity index (χ4n) is 4.05. The summed E-state index contributed by atoms with van der Waals surface area (Å²) in [7, 11) is 0. The molecule has 3 saturated heterocycles. The summed E-state index contributed by atoms with van der Waals surface area (Å²) in [4.78, 5) is 18.7. The van der Waals surface area contributed by atoms with Gasteiger partial charge in [0.15, 0.2) is 0 Å². The molecule has 0 aromatic carbocycles. The van der Waals surface area contributed by atoms with Crippen molar-refractivity contribution < 1.29 is 14.3 Å². The van der Waals surface area contributed by atoms with E-state index < -0.39 is 0 Å². The first-order valence-corrected chi connectivity index (χ1v) is 10.4. The van der Waals surface area contributed by atoms with Crippen molar-refractivity contribution in [2.45, 2.75) is 44.0 Å². The zero-order chi connectivity index (χ0) is 17.1. The maximum atomic E-state index is 12.6. The van der Waals surface area contributed by atoms with Gasteiger partial charge in [-0.05, 0) is 48.5 Å². The van der Waals surface area contributed by atoms with Crippen LogP contribution in [0.25, 0.3) is 0 Å². The molecule has 25 heavy (non-hydrogen) atoms. The number of nitrogens with zero attached hydrogens (tertiary/aromatic N) is 2. The van der Waals surface area contributed by atoms with Gasteiger partial charge in [-0.25, -0.2) is 0 Å². The van der Waals surface area contributed by atoms with E-state index in [0.29, 0.717) is 12.5 Å². The normalized spacial score (nSPS) is 26.4. The van der Waals surface area contributed by atoms with Crippen molar-refractivity contribution in [2.75, 3.05) is 31.2 Å². The van der Waals surface area contributed by atoms with E-state index >= 15 is 0 Å². The number of pyridine rings is 1. The topological polar surface area (TPSA) is 51.7 Å². The molecule has 3 fully saturated rings. The molecule has 0 aliphatic carbocycles. The predicted molar refractivity (Wildman–Crippen MR) is 97.4 cm³/mol. The third kappa shape index (κ3) is 4.01. The number of ether oxygens (including phenoxy) is 2. The van der Waals surface area contributed by atoms with E-state index in [-0.39, 0.29) is 17.6 Å². The number of carbonyl (C=O) groups is 1. The lowest BCUT2D eigenvalue weighted by atomic mass is 9.83. The Bertz CT molecular complexity index is 586. The number of rotatable bonds is 4. The van der Waals surface area contributed by atoms with Crippen molar-refractivity contribution in [1.82, 2.24) is 9.88 Å². The van der Waals surface area contributed by atoms with Crippen LogP contribution in [0.5, 0.6) is 0 Å². The third-order valence-electron chi connectivity index (χ3n) is 5.52. The molecular weight excluding hydrogens is 336 g/mol. The number of thioether (sulfide) groups is 1. The first kappa shape index (κ1) is 17.3. The first-order valence-electron chi connectivity index (χ1n) is 9.25. The van der Waals surface area contributed by atoms with E-state index in [2.05, 4.69) is 4.98 Å². The van der Waals surface area contributed by atoms with Crippen LogP contribution in [-0.4, -0.2) is 58.7 Å². The average Bonchev–Trinajstić information content (AvgIpc) is 2.65. The van der Waals surface area contributed by atoms with E-state index in [1.54, 1.807) is 12.4 Å². The summed E-state index contributed by atoms with van der Waals surface area (Å²) in [6.07, 6.45) is 7.69. The van der Waals surface area contributed by atoms with Crippen LogP contribution in [0.2, 0.25) is 0 Å². The molecule has 0 bridgehead atoms. The second kappa shape index (κ2) is 7.64. The van der Waals surface area contributed by atoms with Crippen LogP contribution in [0, 0.1) is 5.92 Å². The summed E-state index contributed by atoms with van der Waals surface area (Å²) in [6.45, 7) is 2.82. The Morgan fingerprint density at radius 2 is 2.04 bits per heavy atom. The molecule has 1 amide bonds. The Hall–Kier alpha value is -1.11. The average molecular weight is 362 g/mol. The molecule has 3 aliphatic rings. The molecule has 1 spiro atoms. The molecule has 1 aromatic rings. The highest BCUT2D eigenvalue weighted by atomic mass is 32.2. The maximum absolute atomic E-state index is 12.6. The van der Waals surface area contributed by atoms with Crippen molar-refractivity contribution in [3.63, 3.8) is 0 Å². The number of carbonyl (C=O) groups excluding carboxylic acids is 1. The summed E-state index contributed by atoms with van der Waals surface area (Å²) >= 11 is 1.96.